The van der Waals surface area contributed by atoms with Crippen molar-refractivity contribution in [2.75, 3.05) is 23.7 Å². The van der Waals surface area contributed by atoms with Crippen molar-refractivity contribution >= 4 is 50.7 Å². The van der Waals surface area contributed by atoms with E-state index in [4.69, 9.17) is 23.2 Å². The van der Waals surface area contributed by atoms with Crippen molar-refractivity contribution in [3.63, 3.8) is 0 Å². The van der Waals surface area contributed by atoms with Gasteiger partial charge >= 0.3 is 0 Å². The molecule has 35 heavy (non-hydrogen) atoms. The van der Waals surface area contributed by atoms with Crippen molar-refractivity contribution in [1.29, 1.82) is 0 Å². The molecule has 7 nitrogen and oxygen atoms in total. The molecule has 2 rings (SSSR count). The first-order valence-electron chi connectivity index (χ1n) is 11.4. The predicted octanol–water partition coefficient (Wildman–Crippen LogP) is 4.71. The summed E-state index contributed by atoms with van der Waals surface area (Å²) in [6.07, 6.45) is 2.78. The van der Waals surface area contributed by atoms with E-state index in [0.29, 0.717) is 27.8 Å². The van der Waals surface area contributed by atoms with Crippen LogP contribution in [0.3, 0.4) is 0 Å². The monoisotopic (exact) mass is 541 g/mol. The maximum Gasteiger partial charge on any atom is 0.244 e. The lowest BCUT2D eigenvalue weighted by atomic mass is 10.1. The summed E-state index contributed by atoms with van der Waals surface area (Å²) in [7, 11) is -3.79. The first-order valence-corrected chi connectivity index (χ1v) is 14.0. The van der Waals surface area contributed by atoms with Crippen molar-refractivity contribution in [2.24, 2.45) is 0 Å². The van der Waals surface area contributed by atoms with Gasteiger partial charge in [0.25, 0.3) is 0 Å². The van der Waals surface area contributed by atoms with E-state index >= 15 is 0 Å². The molecule has 2 aromatic carbocycles. The number of hydrogen-bond acceptors (Lipinski definition) is 4. The van der Waals surface area contributed by atoms with Crippen LogP contribution in [-0.4, -0.2) is 50.5 Å². The number of hydrogen-bond donors (Lipinski definition) is 1. The van der Waals surface area contributed by atoms with Crippen molar-refractivity contribution in [3.05, 3.63) is 63.1 Å². The van der Waals surface area contributed by atoms with E-state index in [-0.39, 0.29) is 12.5 Å². The fourth-order valence-electron chi connectivity index (χ4n) is 3.66. The number of benzene rings is 2. The summed E-state index contributed by atoms with van der Waals surface area (Å²) < 4.78 is 26.4. The number of anilines is 1. The smallest absolute Gasteiger partial charge is 0.244 e. The van der Waals surface area contributed by atoms with E-state index in [1.807, 2.05) is 26.8 Å². The molecule has 0 aromatic heterocycles. The third kappa shape index (κ3) is 8.40. The number of aryl methyl sites for hydroxylation is 2. The average molecular weight is 543 g/mol. The molecule has 0 aliphatic heterocycles. The van der Waals surface area contributed by atoms with Gasteiger partial charge in [0, 0.05) is 23.1 Å². The molecule has 0 aliphatic rings. The lowest BCUT2D eigenvalue weighted by Crippen LogP contribution is -2.51. The van der Waals surface area contributed by atoms with Crippen LogP contribution in [0.15, 0.2) is 36.4 Å². The van der Waals surface area contributed by atoms with Gasteiger partial charge in [0.05, 0.1) is 11.9 Å². The third-order valence-corrected chi connectivity index (χ3v) is 7.25. The van der Waals surface area contributed by atoms with Crippen LogP contribution in [0.1, 0.15) is 43.4 Å². The van der Waals surface area contributed by atoms with Crippen molar-refractivity contribution in [2.45, 2.75) is 53.1 Å². The van der Waals surface area contributed by atoms with Crippen LogP contribution in [0.4, 0.5) is 5.69 Å². The molecule has 2 aromatic rings. The minimum absolute atomic E-state index is 0.0155. The van der Waals surface area contributed by atoms with Crippen LogP contribution in [-0.2, 0) is 26.2 Å². The van der Waals surface area contributed by atoms with E-state index in [1.54, 1.807) is 37.3 Å². The second-order valence-corrected chi connectivity index (χ2v) is 11.4. The lowest BCUT2D eigenvalue weighted by molar-refractivity contribution is -0.139. The minimum Gasteiger partial charge on any atom is -0.354 e. The highest BCUT2D eigenvalue weighted by Gasteiger charge is 2.30. The molecule has 0 unspecified atom stereocenters. The average Bonchev–Trinajstić information content (AvgIpc) is 2.75. The van der Waals surface area contributed by atoms with Crippen molar-refractivity contribution < 1.29 is 18.0 Å². The highest BCUT2D eigenvalue weighted by molar-refractivity contribution is 7.92. The molecule has 1 N–H and O–H groups in total. The Hall–Kier alpha value is -2.29. The van der Waals surface area contributed by atoms with Crippen LogP contribution in [0.2, 0.25) is 10.0 Å². The molecule has 0 spiro atoms. The molecule has 1 atom stereocenters. The Morgan fingerprint density at radius 3 is 2.23 bits per heavy atom. The van der Waals surface area contributed by atoms with Gasteiger partial charge in [0.1, 0.15) is 12.6 Å². The normalized spacial score (nSPS) is 12.2. The minimum atomic E-state index is -3.79. The number of nitrogens with zero attached hydrogens (tertiary/aromatic N) is 2. The van der Waals surface area contributed by atoms with Gasteiger partial charge in [-0.25, -0.2) is 8.42 Å². The maximum absolute atomic E-state index is 13.6. The Kier molecular flexibility index (Phi) is 10.4. The van der Waals surface area contributed by atoms with Gasteiger partial charge < -0.3 is 10.2 Å². The Morgan fingerprint density at radius 1 is 1.06 bits per heavy atom. The molecule has 192 valence electrons. The van der Waals surface area contributed by atoms with E-state index in [1.165, 1.54) is 4.90 Å². The van der Waals surface area contributed by atoms with Crippen LogP contribution in [0, 0.1) is 13.8 Å². The Bertz CT molecular complexity index is 1150. The first-order chi connectivity index (χ1) is 16.3. The largest absolute Gasteiger partial charge is 0.354 e. The van der Waals surface area contributed by atoms with Gasteiger partial charge in [0.15, 0.2) is 0 Å². The van der Waals surface area contributed by atoms with Crippen LogP contribution in [0.25, 0.3) is 0 Å². The summed E-state index contributed by atoms with van der Waals surface area (Å²) in [6.45, 7) is 7.39. The Balaban J connectivity index is 2.42. The molecule has 0 saturated carbocycles. The summed E-state index contributed by atoms with van der Waals surface area (Å²) in [5.74, 6) is -0.854. The SMILES string of the molecule is CCCCNC(=O)[C@H](C)N(Cc1ccc(Cl)cc1Cl)C(=O)CN(c1cc(C)cc(C)c1)S(C)(=O)=O. The molecular formula is C25H33Cl2N3O4S. The number of sulfonamides is 1. The fraction of sp³-hybridized carbons (Fsp3) is 0.440. The molecule has 0 fully saturated rings. The van der Waals surface area contributed by atoms with Gasteiger partial charge in [0.2, 0.25) is 21.8 Å². The van der Waals surface area contributed by atoms with Crippen molar-refractivity contribution in [1.82, 2.24) is 10.2 Å². The van der Waals surface area contributed by atoms with Gasteiger partial charge in [-0.15, -0.1) is 0 Å². The zero-order valence-corrected chi connectivity index (χ0v) is 23.1. The molecular weight excluding hydrogens is 509 g/mol. The van der Waals surface area contributed by atoms with E-state index < -0.39 is 28.5 Å². The second kappa shape index (κ2) is 12.6. The summed E-state index contributed by atoms with van der Waals surface area (Å²) >= 11 is 12.4. The number of unbranched alkanes of at least 4 members (excludes halogenated alkanes) is 1. The number of halogens is 2. The van der Waals surface area contributed by atoms with Gasteiger partial charge in [-0.05, 0) is 68.1 Å². The summed E-state index contributed by atoms with van der Waals surface area (Å²) in [4.78, 5) is 27.8. The van der Waals surface area contributed by atoms with Gasteiger partial charge in [-0.1, -0.05) is 48.7 Å². The molecule has 0 bridgehead atoms. The second-order valence-electron chi connectivity index (χ2n) is 8.69. The summed E-state index contributed by atoms with van der Waals surface area (Å²) in [6, 6.07) is 9.38. The molecule has 0 saturated heterocycles. The quantitative estimate of drug-likeness (QED) is 0.417. The molecule has 10 heteroatoms. The Labute approximate surface area is 218 Å². The van der Waals surface area contributed by atoms with E-state index in [9.17, 15) is 18.0 Å². The van der Waals surface area contributed by atoms with E-state index in [2.05, 4.69) is 5.32 Å². The number of carbonyl (C=O) groups excluding carboxylic acids is 2. The van der Waals surface area contributed by atoms with Crippen molar-refractivity contribution in [3.8, 4) is 0 Å². The van der Waals surface area contributed by atoms with Crippen LogP contribution < -0.4 is 9.62 Å². The third-order valence-electron chi connectivity index (χ3n) is 5.53. The first kappa shape index (κ1) is 28.9. The number of amides is 2. The van der Waals surface area contributed by atoms with E-state index in [0.717, 1.165) is 34.5 Å². The summed E-state index contributed by atoms with van der Waals surface area (Å²) in [5, 5.41) is 3.63. The number of carbonyl (C=O) groups is 2. The van der Waals surface area contributed by atoms with Gasteiger partial charge in [-0.3, -0.25) is 13.9 Å². The number of nitrogens with one attached hydrogen (secondary N) is 1. The highest BCUT2D eigenvalue weighted by Crippen LogP contribution is 2.25. The number of rotatable bonds is 11. The Morgan fingerprint density at radius 2 is 1.69 bits per heavy atom. The zero-order valence-electron chi connectivity index (χ0n) is 20.8. The standard InChI is InChI=1S/C25H33Cl2N3O4S/c1-6-7-10-28-25(32)19(4)29(15-20-8-9-21(26)14-23(20)27)24(31)16-30(35(5,33)34)22-12-17(2)11-18(3)13-22/h8-9,11-14,19H,6-7,10,15-16H2,1-5H3,(H,28,32)/t19-/m0/s1. The molecule has 0 heterocycles. The zero-order chi connectivity index (χ0) is 26.3. The topological polar surface area (TPSA) is 86.8 Å². The lowest BCUT2D eigenvalue weighted by Gasteiger charge is -2.32. The molecule has 0 radical (unpaired) electrons. The fourth-order valence-corrected chi connectivity index (χ4v) is 4.96. The molecule has 0 aliphatic carbocycles. The maximum atomic E-state index is 13.6. The van der Waals surface area contributed by atoms with Crippen LogP contribution in [0.5, 0.6) is 0 Å². The highest BCUT2D eigenvalue weighted by atomic mass is 35.5. The van der Waals surface area contributed by atoms with Crippen LogP contribution >= 0.6 is 23.2 Å². The molecule has 2 amide bonds. The predicted molar refractivity (Wildman–Crippen MR) is 142 cm³/mol. The van der Waals surface area contributed by atoms with Gasteiger partial charge in [-0.2, -0.15) is 0 Å². The summed E-state index contributed by atoms with van der Waals surface area (Å²) in [5.41, 5.74) is 2.72.